The number of carbonyl (C=O) groups is 1. The normalized spacial score (nSPS) is 11.0. The van der Waals surface area contributed by atoms with E-state index in [4.69, 9.17) is 5.11 Å². The lowest BCUT2D eigenvalue weighted by Crippen LogP contribution is -2.14. The Morgan fingerprint density at radius 3 is 2.89 bits per heavy atom. The predicted molar refractivity (Wildman–Crippen MR) is 71.3 cm³/mol. The standard InChI is InChI=1S/C12H9N3O3S/c1-6-5-19-12(13-6)15-9-3-2-7(10(16)17)4-8(9)14-11(15)18/h2-5H,1H3,(H,14,18)(H,16,17). The first kappa shape index (κ1) is 11.7. The number of benzene rings is 1. The fourth-order valence-corrected chi connectivity index (χ4v) is 2.69. The van der Waals surface area contributed by atoms with Crippen LogP contribution in [0.1, 0.15) is 16.1 Å². The van der Waals surface area contributed by atoms with Crippen molar-refractivity contribution in [2.75, 3.05) is 0 Å². The number of rotatable bonds is 2. The summed E-state index contributed by atoms with van der Waals surface area (Å²) in [6.07, 6.45) is 0. The van der Waals surface area contributed by atoms with Crippen LogP contribution in [-0.4, -0.2) is 25.6 Å². The molecule has 0 unspecified atom stereocenters. The molecule has 0 saturated carbocycles. The van der Waals surface area contributed by atoms with Crippen LogP contribution in [0.25, 0.3) is 16.2 Å². The Bertz CT molecular complexity index is 843. The number of carboxylic acids is 1. The zero-order valence-electron chi connectivity index (χ0n) is 9.88. The zero-order valence-corrected chi connectivity index (χ0v) is 10.7. The van der Waals surface area contributed by atoms with Gasteiger partial charge in [0.05, 0.1) is 22.3 Å². The highest BCUT2D eigenvalue weighted by atomic mass is 32.1. The van der Waals surface area contributed by atoms with Crippen molar-refractivity contribution in [3.63, 3.8) is 0 Å². The zero-order chi connectivity index (χ0) is 13.6. The van der Waals surface area contributed by atoms with Gasteiger partial charge in [-0.05, 0) is 25.1 Å². The van der Waals surface area contributed by atoms with Crippen LogP contribution in [0.2, 0.25) is 0 Å². The number of aryl methyl sites for hydroxylation is 1. The van der Waals surface area contributed by atoms with E-state index >= 15 is 0 Å². The number of thiazole rings is 1. The molecule has 0 bridgehead atoms. The topological polar surface area (TPSA) is 88.0 Å². The minimum atomic E-state index is -1.03. The van der Waals surface area contributed by atoms with Gasteiger partial charge < -0.3 is 10.1 Å². The van der Waals surface area contributed by atoms with E-state index in [1.165, 1.54) is 28.0 Å². The van der Waals surface area contributed by atoms with Crippen molar-refractivity contribution in [1.82, 2.24) is 14.5 Å². The van der Waals surface area contributed by atoms with Crippen LogP contribution in [0.5, 0.6) is 0 Å². The molecule has 2 N–H and O–H groups in total. The van der Waals surface area contributed by atoms with Gasteiger partial charge in [-0.25, -0.2) is 19.1 Å². The fraction of sp³-hybridized carbons (Fsp3) is 0.0833. The highest BCUT2D eigenvalue weighted by Crippen LogP contribution is 2.19. The number of aromatic amines is 1. The van der Waals surface area contributed by atoms with Gasteiger partial charge in [-0.15, -0.1) is 11.3 Å². The molecule has 3 rings (SSSR count). The van der Waals surface area contributed by atoms with E-state index in [9.17, 15) is 9.59 Å². The maximum Gasteiger partial charge on any atom is 0.335 e. The molecule has 0 fully saturated rings. The van der Waals surface area contributed by atoms with Crippen LogP contribution in [0, 0.1) is 6.92 Å². The first-order valence-electron chi connectivity index (χ1n) is 5.47. The summed E-state index contributed by atoms with van der Waals surface area (Å²) in [4.78, 5) is 29.8. The van der Waals surface area contributed by atoms with Gasteiger partial charge in [-0.3, -0.25) is 0 Å². The second kappa shape index (κ2) is 4.06. The number of hydrogen-bond acceptors (Lipinski definition) is 4. The molecule has 2 aromatic heterocycles. The van der Waals surface area contributed by atoms with E-state index in [-0.39, 0.29) is 11.3 Å². The lowest BCUT2D eigenvalue weighted by Gasteiger charge is -1.98. The summed E-state index contributed by atoms with van der Waals surface area (Å²) in [5, 5.41) is 11.4. The number of H-pyrrole nitrogens is 1. The molecule has 3 aromatic rings. The molecule has 2 heterocycles. The predicted octanol–water partition coefficient (Wildman–Crippen LogP) is 1.78. The molecule has 0 aliphatic rings. The van der Waals surface area contributed by atoms with Crippen molar-refractivity contribution in [3.05, 3.63) is 45.3 Å². The summed E-state index contributed by atoms with van der Waals surface area (Å²) in [6, 6.07) is 4.51. The fourth-order valence-electron chi connectivity index (χ4n) is 1.88. The van der Waals surface area contributed by atoms with Crippen LogP contribution in [-0.2, 0) is 0 Å². The van der Waals surface area contributed by atoms with Crippen LogP contribution in [0.3, 0.4) is 0 Å². The van der Waals surface area contributed by atoms with Crippen molar-refractivity contribution in [3.8, 4) is 5.13 Å². The Labute approximate surface area is 111 Å². The number of nitrogens with zero attached hydrogens (tertiary/aromatic N) is 2. The third kappa shape index (κ3) is 1.84. The minimum absolute atomic E-state index is 0.135. The molecule has 19 heavy (non-hydrogen) atoms. The van der Waals surface area contributed by atoms with Gasteiger partial charge in [0.2, 0.25) is 0 Å². The molecule has 0 radical (unpaired) electrons. The molecule has 0 aliphatic carbocycles. The van der Waals surface area contributed by atoms with Crippen LogP contribution in [0.15, 0.2) is 28.4 Å². The number of imidazole rings is 1. The first-order chi connectivity index (χ1) is 9.06. The smallest absolute Gasteiger partial charge is 0.335 e. The monoisotopic (exact) mass is 275 g/mol. The van der Waals surface area contributed by atoms with Gasteiger partial charge in [0, 0.05) is 5.38 Å². The summed E-state index contributed by atoms with van der Waals surface area (Å²) >= 11 is 1.36. The molecular formula is C12H9N3O3S. The number of fused-ring (bicyclic) bond motifs is 1. The Kier molecular flexibility index (Phi) is 2.49. The average Bonchev–Trinajstić information content (AvgIpc) is 2.90. The van der Waals surface area contributed by atoms with Gasteiger partial charge in [0.25, 0.3) is 0 Å². The Morgan fingerprint density at radius 2 is 2.26 bits per heavy atom. The lowest BCUT2D eigenvalue weighted by molar-refractivity contribution is 0.0697. The van der Waals surface area contributed by atoms with Crippen LogP contribution < -0.4 is 5.69 Å². The van der Waals surface area contributed by atoms with E-state index in [2.05, 4.69) is 9.97 Å². The van der Waals surface area contributed by atoms with Crippen molar-refractivity contribution in [2.45, 2.75) is 6.92 Å². The highest BCUT2D eigenvalue weighted by Gasteiger charge is 2.13. The quantitative estimate of drug-likeness (QED) is 0.746. The molecule has 0 aliphatic heterocycles. The third-order valence-electron chi connectivity index (χ3n) is 2.73. The summed E-state index contributed by atoms with van der Waals surface area (Å²) < 4.78 is 1.44. The van der Waals surface area contributed by atoms with Crippen LogP contribution >= 0.6 is 11.3 Å². The Hall–Kier alpha value is -2.41. The van der Waals surface area contributed by atoms with Crippen molar-refractivity contribution in [1.29, 1.82) is 0 Å². The van der Waals surface area contributed by atoms with Gasteiger partial charge in [0.15, 0.2) is 5.13 Å². The summed E-state index contributed by atoms with van der Waals surface area (Å²) in [6.45, 7) is 1.85. The van der Waals surface area contributed by atoms with E-state index in [0.29, 0.717) is 16.2 Å². The van der Waals surface area contributed by atoms with Crippen LogP contribution in [0.4, 0.5) is 0 Å². The Balaban J connectivity index is 2.29. The molecular weight excluding hydrogens is 266 g/mol. The largest absolute Gasteiger partial charge is 0.478 e. The van der Waals surface area contributed by atoms with E-state index < -0.39 is 5.97 Å². The second-order valence-electron chi connectivity index (χ2n) is 4.07. The maximum atomic E-state index is 12.0. The van der Waals surface area contributed by atoms with Gasteiger partial charge in [-0.2, -0.15) is 0 Å². The molecule has 7 heteroatoms. The highest BCUT2D eigenvalue weighted by molar-refractivity contribution is 7.12. The molecule has 1 aromatic carbocycles. The maximum absolute atomic E-state index is 12.0. The minimum Gasteiger partial charge on any atom is -0.478 e. The molecule has 96 valence electrons. The van der Waals surface area contributed by atoms with Crippen molar-refractivity contribution >= 4 is 28.3 Å². The molecule has 0 atom stereocenters. The van der Waals surface area contributed by atoms with Gasteiger partial charge >= 0.3 is 11.7 Å². The number of aromatic nitrogens is 3. The third-order valence-corrected chi connectivity index (χ3v) is 3.67. The second-order valence-corrected chi connectivity index (χ2v) is 4.91. The van der Waals surface area contributed by atoms with Gasteiger partial charge in [0.1, 0.15) is 0 Å². The first-order valence-corrected chi connectivity index (χ1v) is 6.35. The number of carboxylic acid groups (broad SMARTS) is 1. The number of nitrogens with one attached hydrogen (secondary N) is 1. The molecule has 0 spiro atoms. The van der Waals surface area contributed by atoms with E-state index in [1.807, 2.05) is 12.3 Å². The lowest BCUT2D eigenvalue weighted by atomic mass is 10.2. The summed E-state index contributed by atoms with van der Waals surface area (Å²) in [5.74, 6) is -1.03. The summed E-state index contributed by atoms with van der Waals surface area (Å²) in [5.41, 5.74) is 1.74. The van der Waals surface area contributed by atoms with E-state index in [0.717, 1.165) is 5.69 Å². The molecule has 0 saturated heterocycles. The summed E-state index contributed by atoms with van der Waals surface area (Å²) in [7, 11) is 0. The SMILES string of the molecule is Cc1csc(-n2c(=O)[nH]c3cc(C(=O)O)ccc32)n1. The average molecular weight is 275 g/mol. The molecule has 6 nitrogen and oxygen atoms in total. The van der Waals surface area contributed by atoms with Crippen molar-refractivity contribution in [2.24, 2.45) is 0 Å². The van der Waals surface area contributed by atoms with E-state index in [1.54, 1.807) is 6.07 Å². The van der Waals surface area contributed by atoms with Crippen molar-refractivity contribution < 1.29 is 9.90 Å². The number of aromatic carboxylic acids is 1. The van der Waals surface area contributed by atoms with Gasteiger partial charge in [-0.1, -0.05) is 0 Å². The molecule has 0 amide bonds. The Morgan fingerprint density at radius 1 is 1.47 bits per heavy atom. The number of hydrogen-bond donors (Lipinski definition) is 2.